The van der Waals surface area contributed by atoms with E-state index < -0.39 is 10.8 Å². The van der Waals surface area contributed by atoms with Crippen LogP contribution in [-0.2, 0) is 10.8 Å². The van der Waals surface area contributed by atoms with Crippen LogP contribution in [0.2, 0.25) is 0 Å². The second-order valence-corrected chi connectivity index (χ2v) is 6.74. The number of ketones is 1. The Kier molecular flexibility index (Phi) is 4.50. The molecule has 2 aromatic carbocycles. The average molecular weight is 286 g/mol. The van der Waals surface area contributed by atoms with Gasteiger partial charge in [-0.3, -0.25) is 4.79 Å². The van der Waals surface area contributed by atoms with Crippen LogP contribution in [0.3, 0.4) is 0 Å². The first-order chi connectivity index (χ1) is 9.52. The Labute approximate surface area is 122 Å². The minimum atomic E-state index is -1.23. The van der Waals surface area contributed by atoms with Crippen molar-refractivity contribution in [3.8, 4) is 0 Å². The monoisotopic (exact) mass is 286 g/mol. The zero-order valence-corrected chi connectivity index (χ0v) is 12.7. The lowest BCUT2D eigenvalue weighted by Crippen LogP contribution is -2.15. The Morgan fingerprint density at radius 2 is 1.15 bits per heavy atom. The van der Waals surface area contributed by atoms with Crippen LogP contribution in [-0.4, -0.2) is 9.99 Å². The fourth-order valence-electron chi connectivity index (χ4n) is 1.90. The molecule has 104 valence electrons. The quantitative estimate of drug-likeness (QED) is 0.624. The van der Waals surface area contributed by atoms with Crippen molar-refractivity contribution in [3.05, 3.63) is 59.7 Å². The number of benzene rings is 2. The molecule has 0 saturated heterocycles. The predicted octanol–water partition coefficient (Wildman–Crippen LogP) is 4.06. The molecule has 1 heterocycles. The van der Waals surface area contributed by atoms with Crippen LogP contribution in [0.5, 0.6) is 0 Å². The van der Waals surface area contributed by atoms with Gasteiger partial charge in [-0.2, -0.15) is 0 Å². The van der Waals surface area contributed by atoms with Gasteiger partial charge < -0.3 is 0 Å². The van der Waals surface area contributed by atoms with Crippen LogP contribution in [0.1, 0.15) is 36.7 Å². The number of carbonyl (C=O) groups is 1. The Hall–Kier alpha value is -1.74. The van der Waals surface area contributed by atoms with Crippen molar-refractivity contribution < 1.29 is 9.00 Å². The lowest BCUT2D eigenvalue weighted by Gasteiger charge is -2.16. The third-order valence-corrected chi connectivity index (χ3v) is 4.17. The van der Waals surface area contributed by atoms with E-state index in [0.29, 0.717) is 20.9 Å². The van der Waals surface area contributed by atoms with E-state index in [4.69, 9.17) is 0 Å². The minimum Gasteiger partial charge on any atom is -0.289 e. The largest absolute Gasteiger partial charge is 0.289 e. The summed E-state index contributed by atoms with van der Waals surface area (Å²) in [5.41, 5.74) is 1.11. The van der Waals surface area contributed by atoms with Crippen molar-refractivity contribution in [1.82, 2.24) is 0 Å². The molecule has 2 aromatic rings. The third-order valence-electron chi connectivity index (χ3n) is 2.66. The molecule has 2 nitrogen and oxygen atoms in total. The number of hydrogen-bond donors (Lipinski definition) is 0. The first-order valence-corrected chi connectivity index (χ1v) is 7.82. The van der Waals surface area contributed by atoms with Crippen LogP contribution >= 0.6 is 0 Å². The lowest BCUT2D eigenvalue weighted by molar-refractivity contribution is 0.103. The molecule has 3 rings (SSSR count). The maximum Gasteiger partial charge on any atom is 0.195 e. The summed E-state index contributed by atoms with van der Waals surface area (Å²) in [6.45, 7) is 6.50. The fraction of sp³-hybridized carbons (Fsp3) is 0.235. The van der Waals surface area contributed by atoms with Gasteiger partial charge in [0.05, 0.1) is 20.6 Å². The Morgan fingerprint density at radius 1 is 0.800 bits per heavy atom. The fourth-order valence-corrected chi connectivity index (χ4v) is 3.26. The first kappa shape index (κ1) is 14.7. The van der Waals surface area contributed by atoms with Crippen molar-refractivity contribution in [1.29, 1.82) is 0 Å². The highest BCUT2D eigenvalue weighted by molar-refractivity contribution is 7.85. The van der Waals surface area contributed by atoms with E-state index in [1.807, 2.05) is 0 Å². The Morgan fingerprint density at radius 3 is 1.55 bits per heavy atom. The molecule has 0 aromatic heterocycles. The number of rotatable bonds is 0. The first-order valence-electron chi connectivity index (χ1n) is 6.67. The molecule has 20 heavy (non-hydrogen) atoms. The normalized spacial score (nSPS) is 13.3. The summed E-state index contributed by atoms with van der Waals surface area (Å²) in [4.78, 5) is 13.4. The minimum absolute atomic E-state index is 0.0363. The highest BCUT2D eigenvalue weighted by Gasteiger charge is 2.27. The maximum atomic E-state index is 12.2. The summed E-state index contributed by atoms with van der Waals surface area (Å²) in [6.07, 6.45) is 0. The molecule has 0 unspecified atom stereocenters. The number of carbonyl (C=O) groups excluding carboxylic acids is 1. The van der Waals surface area contributed by atoms with Gasteiger partial charge in [-0.15, -0.1) is 0 Å². The zero-order valence-electron chi connectivity index (χ0n) is 11.9. The van der Waals surface area contributed by atoms with Crippen molar-refractivity contribution in [3.63, 3.8) is 0 Å². The zero-order chi connectivity index (χ0) is 14.7. The van der Waals surface area contributed by atoms with Gasteiger partial charge in [0.25, 0.3) is 0 Å². The van der Waals surface area contributed by atoms with E-state index in [0.717, 1.165) is 5.92 Å². The molecule has 3 heteroatoms. The van der Waals surface area contributed by atoms with E-state index in [9.17, 15) is 9.00 Å². The highest BCUT2D eigenvalue weighted by Crippen LogP contribution is 2.30. The van der Waals surface area contributed by atoms with Crippen LogP contribution < -0.4 is 0 Å². The topological polar surface area (TPSA) is 34.1 Å². The Bertz CT molecular complexity index is 551. The van der Waals surface area contributed by atoms with Gasteiger partial charge in [0.15, 0.2) is 5.78 Å². The van der Waals surface area contributed by atoms with Crippen LogP contribution in [0.15, 0.2) is 58.3 Å². The van der Waals surface area contributed by atoms with Gasteiger partial charge in [-0.1, -0.05) is 45.0 Å². The summed E-state index contributed by atoms with van der Waals surface area (Å²) < 4.78 is 12.2. The summed E-state index contributed by atoms with van der Waals surface area (Å²) in [5, 5.41) is 0. The van der Waals surface area contributed by atoms with Crippen LogP contribution in [0.4, 0.5) is 0 Å². The molecule has 0 spiro atoms. The molecule has 0 radical (unpaired) electrons. The molecule has 0 fully saturated rings. The van der Waals surface area contributed by atoms with Crippen LogP contribution in [0, 0.1) is 5.92 Å². The average Bonchev–Trinajstić information content (AvgIpc) is 2.44. The van der Waals surface area contributed by atoms with Crippen molar-refractivity contribution in [2.75, 3.05) is 0 Å². The molecule has 1 aliphatic heterocycles. The molecule has 0 aliphatic carbocycles. The highest BCUT2D eigenvalue weighted by atomic mass is 32.2. The van der Waals surface area contributed by atoms with E-state index in [2.05, 4.69) is 20.8 Å². The predicted molar refractivity (Wildman–Crippen MR) is 81.5 cm³/mol. The number of fused-ring (bicyclic) bond motifs is 2. The summed E-state index contributed by atoms with van der Waals surface area (Å²) in [5.74, 6) is 0.797. The molecule has 0 saturated carbocycles. The van der Waals surface area contributed by atoms with E-state index >= 15 is 0 Å². The molecular weight excluding hydrogens is 268 g/mol. The van der Waals surface area contributed by atoms with Gasteiger partial charge in [0, 0.05) is 11.1 Å². The van der Waals surface area contributed by atoms with E-state index in [-0.39, 0.29) is 5.78 Å². The summed E-state index contributed by atoms with van der Waals surface area (Å²) in [6, 6.07) is 14.1. The standard InChI is InChI=1S/C13H8O2S.C4H10/c14-13-9-5-1-3-7-11(9)16(15)12-8-4-2-6-10(12)13;1-4(2)3/h1-8H;4H,1-3H3. The van der Waals surface area contributed by atoms with Gasteiger partial charge in [-0.25, -0.2) is 4.21 Å². The van der Waals surface area contributed by atoms with Gasteiger partial charge in [0.2, 0.25) is 0 Å². The third kappa shape index (κ3) is 2.88. The van der Waals surface area contributed by atoms with Gasteiger partial charge >= 0.3 is 0 Å². The van der Waals surface area contributed by atoms with Gasteiger partial charge in [0.1, 0.15) is 0 Å². The summed E-state index contributed by atoms with van der Waals surface area (Å²) >= 11 is 0. The Balaban J connectivity index is 0.000000328. The molecule has 1 aliphatic rings. The smallest absolute Gasteiger partial charge is 0.195 e. The SMILES string of the molecule is CC(C)C.O=C1c2ccccc2S(=O)c2ccccc21. The second-order valence-electron chi connectivity index (χ2n) is 5.32. The second kappa shape index (κ2) is 6.14. The van der Waals surface area contributed by atoms with E-state index in [1.54, 1.807) is 48.5 Å². The van der Waals surface area contributed by atoms with Crippen molar-refractivity contribution >= 4 is 16.6 Å². The molecule has 0 amide bonds. The van der Waals surface area contributed by atoms with Crippen molar-refractivity contribution in [2.45, 2.75) is 30.6 Å². The molecule has 0 N–H and O–H groups in total. The molecular formula is C17H18O2S. The maximum absolute atomic E-state index is 12.2. The summed E-state index contributed by atoms with van der Waals surface area (Å²) in [7, 11) is -1.23. The van der Waals surface area contributed by atoms with E-state index in [1.165, 1.54) is 0 Å². The van der Waals surface area contributed by atoms with Gasteiger partial charge in [-0.05, 0) is 30.2 Å². The lowest BCUT2D eigenvalue weighted by atomic mass is 10.0. The molecule has 0 bridgehead atoms. The number of hydrogen-bond acceptors (Lipinski definition) is 2. The molecule has 0 atom stereocenters. The van der Waals surface area contributed by atoms with Crippen LogP contribution in [0.25, 0.3) is 0 Å². The van der Waals surface area contributed by atoms with Crippen molar-refractivity contribution in [2.24, 2.45) is 5.92 Å².